The molecule has 0 unspecified atom stereocenters. The van der Waals surface area contributed by atoms with Crippen LogP contribution in [0.1, 0.15) is 54.0 Å². The van der Waals surface area contributed by atoms with Gasteiger partial charge in [-0.25, -0.2) is 4.98 Å². The van der Waals surface area contributed by atoms with E-state index in [1.807, 2.05) is 30.5 Å². The Bertz CT molecular complexity index is 1360. The molecular weight excluding hydrogens is 539 g/mol. The summed E-state index contributed by atoms with van der Waals surface area (Å²) in [7, 11) is 3.42. The zero-order chi connectivity index (χ0) is 30.5. The summed E-state index contributed by atoms with van der Waals surface area (Å²) in [6, 6.07) is 11.4. The maximum absolute atomic E-state index is 13.1. The quantitative estimate of drug-likeness (QED) is 0.262. The molecule has 0 aliphatic heterocycles. The van der Waals surface area contributed by atoms with Gasteiger partial charge in [-0.05, 0) is 63.6 Å². The second kappa shape index (κ2) is 12.7. The predicted octanol–water partition coefficient (Wildman–Crippen LogP) is 3.40. The molecule has 0 saturated carbocycles. The Hall–Kier alpha value is -3.90. The molecule has 3 aromatic rings. The third-order valence-corrected chi connectivity index (χ3v) is 6.54. The number of nitrogens with zero attached hydrogens (tertiary/aromatic N) is 2. The first-order valence-electron chi connectivity index (χ1n) is 13.0. The van der Waals surface area contributed by atoms with Crippen LogP contribution >= 0.6 is 0 Å². The van der Waals surface area contributed by atoms with Crippen molar-refractivity contribution in [3.63, 3.8) is 0 Å². The summed E-state index contributed by atoms with van der Waals surface area (Å²) in [5.41, 5.74) is 7.30. The van der Waals surface area contributed by atoms with Crippen molar-refractivity contribution < 1.29 is 32.6 Å². The zero-order valence-electron chi connectivity index (χ0n) is 23.7. The zero-order valence-corrected chi connectivity index (χ0v) is 23.7. The van der Waals surface area contributed by atoms with Crippen LogP contribution in [0.2, 0.25) is 0 Å². The minimum Gasteiger partial charge on any atom is -0.481 e. The second-order valence-corrected chi connectivity index (χ2v) is 10.5. The number of carbonyl (C=O) groups is 2. The van der Waals surface area contributed by atoms with Crippen molar-refractivity contribution in [1.82, 2.24) is 20.2 Å². The largest absolute Gasteiger partial charge is 0.481 e. The van der Waals surface area contributed by atoms with Gasteiger partial charge in [-0.3, -0.25) is 9.59 Å². The molecule has 12 heteroatoms. The molecule has 0 aliphatic rings. The van der Waals surface area contributed by atoms with E-state index in [2.05, 4.69) is 15.6 Å². The summed E-state index contributed by atoms with van der Waals surface area (Å²) >= 11 is 0. The van der Waals surface area contributed by atoms with E-state index in [-0.39, 0.29) is 30.3 Å². The van der Waals surface area contributed by atoms with E-state index < -0.39 is 29.7 Å². The highest BCUT2D eigenvalue weighted by Gasteiger charge is 2.38. The van der Waals surface area contributed by atoms with Crippen molar-refractivity contribution in [2.75, 3.05) is 20.1 Å². The van der Waals surface area contributed by atoms with Crippen molar-refractivity contribution in [2.45, 2.75) is 51.0 Å². The molecule has 41 heavy (non-hydrogen) atoms. The molecule has 0 fully saturated rings. The highest BCUT2D eigenvalue weighted by Crippen LogP contribution is 2.32. The van der Waals surface area contributed by atoms with Gasteiger partial charge in [0.05, 0.1) is 12.2 Å². The van der Waals surface area contributed by atoms with Crippen LogP contribution in [0.5, 0.6) is 5.75 Å². The molecule has 0 spiro atoms. The van der Waals surface area contributed by atoms with Crippen LogP contribution < -0.4 is 21.1 Å². The van der Waals surface area contributed by atoms with Gasteiger partial charge in [-0.1, -0.05) is 24.3 Å². The first-order valence-corrected chi connectivity index (χ1v) is 13.0. The number of aryl methyl sites for hydroxylation is 1. The SMILES string of the molecule is CNCC(=O)NC[C@@H](Cc1ccc(-c2cn(C)c(C(C)(C)O)n2)cc1)c1cc(O[C@H](C)C(F)(F)F)ccc1C(N)=O. The lowest BCUT2D eigenvalue weighted by Gasteiger charge is -2.23. The fraction of sp³-hybridized carbons (Fsp3) is 0.414. The number of amides is 2. The van der Waals surface area contributed by atoms with Crippen LogP contribution in [0.4, 0.5) is 13.2 Å². The molecule has 5 N–H and O–H groups in total. The molecule has 0 aliphatic carbocycles. The van der Waals surface area contributed by atoms with Gasteiger partial charge < -0.3 is 30.8 Å². The lowest BCUT2D eigenvalue weighted by molar-refractivity contribution is -0.189. The number of alkyl halides is 3. The normalized spacial score (nSPS) is 13.5. The standard InChI is InChI=1S/C29H36F3N5O4/c1-17(29(30,31)32)41-21-10-11-22(26(33)39)23(13-21)20(14-35-25(38)15-34-4)12-18-6-8-19(9-7-18)24-16-37(5)27(36-24)28(2,3)40/h6-11,13,16-17,20,34,40H,12,14-15H2,1-5H3,(H2,33,39)(H,35,38)/t17-,20-/m1/s1. The number of likely N-dealkylation sites (N-methyl/N-ethyl adjacent to an activating group) is 1. The number of carbonyl (C=O) groups excluding carboxylic acids is 2. The van der Waals surface area contributed by atoms with Crippen LogP contribution in [0.25, 0.3) is 11.3 Å². The van der Waals surface area contributed by atoms with E-state index in [0.717, 1.165) is 18.1 Å². The molecule has 2 atom stereocenters. The number of nitrogens with one attached hydrogen (secondary N) is 2. The Labute approximate surface area is 236 Å². The molecule has 0 saturated heterocycles. The van der Waals surface area contributed by atoms with Crippen molar-refractivity contribution in [3.05, 3.63) is 71.2 Å². The predicted molar refractivity (Wildman–Crippen MR) is 148 cm³/mol. The molecular formula is C29H36F3N5O4. The maximum atomic E-state index is 13.1. The van der Waals surface area contributed by atoms with Gasteiger partial charge in [0.25, 0.3) is 0 Å². The summed E-state index contributed by atoms with van der Waals surface area (Å²) < 4.78 is 46.3. The van der Waals surface area contributed by atoms with Crippen LogP contribution in [0, 0.1) is 0 Å². The Kier molecular flexibility index (Phi) is 9.82. The topological polar surface area (TPSA) is 132 Å². The smallest absolute Gasteiger partial charge is 0.425 e. The minimum atomic E-state index is -4.58. The lowest BCUT2D eigenvalue weighted by Crippen LogP contribution is -2.36. The number of aromatic nitrogens is 2. The molecule has 2 amide bonds. The van der Waals surface area contributed by atoms with Gasteiger partial charge in [-0.2, -0.15) is 13.2 Å². The van der Waals surface area contributed by atoms with Crippen molar-refractivity contribution in [3.8, 4) is 17.0 Å². The van der Waals surface area contributed by atoms with Crippen molar-refractivity contribution in [1.29, 1.82) is 0 Å². The molecule has 1 aromatic heterocycles. The number of aliphatic hydroxyl groups is 1. The van der Waals surface area contributed by atoms with Crippen LogP contribution in [-0.4, -0.2) is 58.9 Å². The highest BCUT2D eigenvalue weighted by atomic mass is 19.4. The van der Waals surface area contributed by atoms with Gasteiger partial charge in [0.15, 0.2) is 6.10 Å². The van der Waals surface area contributed by atoms with Crippen molar-refractivity contribution in [2.24, 2.45) is 12.8 Å². The van der Waals surface area contributed by atoms with Crippen LogP contribution in [0.3, 0.4) is 0 Å². The Balaban J connectivity index is 1.95. The number of rotatable bonds is 12. The van der Waals surface area contributed by atoms with E-state index in [9.17, 15) is 27.9 Å². The monoisotopic (exact) mass is 575 g/mol. The second-order valence-electron chi connectivity index (χ2n) is 10.5. The summed E-state index contributed by atoms with van der Waals surface area (Å²) in [4.78, 5) is 29.1. The molecule has 2 aromatic carbocycles. The van der Waals surface area contributed by atoms with Gasteiger partial charge in [0.2, 0.25) is 11.8 Å². The van der Waals surface area contributed by atoms with Gasteiger partial charge in [0.1, 0.15) is 17.2 Å². The van der Waals surface area contributed by atoms with E-state index in [4.69, 9.17) is 10.5 Å². The number of ether oxygens (including phenoxy) is 1. The van der Waals surface area contributed by atoms with Gasteiger partial charge in [0, 0.05) is 36.8 Å². The highest BCUT2D eigenvalue weighted by molar-refractivity contribution is 5.94. The summed E-state index contributed by atoms with van der Waals surface area (Å²) in [5.74, 6) is -1.13. The molecule has 1 heterocycles. The number of nitrogens with two attached hydrogens (primary N) is 1. The first-order chi connectivity index (χ1) is 19.1. The number of primary amides is 1. The average molecular weight is 576 g/mol. The Morgan fingerprint density at radius 2 is 1.80 bits per heavy atom. The molecule has 0 bridgehead atoms. The third-order valence-electron chi connectivity index (χ3n) is 6.54. The maximum Gasteiger partial charge on any atom is 0.425 e. The number of hydrogen-bond acceptors (Lipinski definition) is 6. The molecule has 9 nitrogen and oxygen atoms in total. The van der Waals surface area contributed by atoms with Crippen LogP contribution in [-0.2, 0) is 23.9 Å². The minimum absolute atomic E-state index is 0.0626. The van der Waals surface area contributed by atoms with E-state index in [0.29, 0.717) is 23.5 Å². The van der Waals surface area contributed by atoms with Crippen molar-refractivity contribution >= 4 is 11.8 Å². The third kappa shape index (κ3) is 8.30. The number of benzene rings is 2. The number of hydrogen-bond donors (Lipinski definition) is 4. The van der Waals surface area contributed by atoms with Crippen LogP contribution in [0.15, 0.2) is 48.7 Å². The lowest BCUT2D eigenvalue weighted by atomic mass is 9.87. The molecule has 222 valence electrons. The number of imidazole rings is 1. The van der Waals surface area contributed by atoms with Gasteiger partial charge in [-0.15, -0.1) is 0 Å². The fourth-order valence-electron chi connectivity index (χ4n) is 4.47. The van der Waals surface area contributed by atoms with E-state index in [1.54, 1.807) is 32.5 Å². The first kappa shape index (κ1) is 31.6. The number of halogens is 3. The summed E-state index contributed by atoms with van der Waals surface area (Å²) in [5, 5.41) is 15.9. The fourth-order valence-corrected chi connectivity index (χ4v) is 4.47. The Morgan fingerprint density at radius 3 is 2.34 bits per heavy atom. The van der Waals surface area contributed by atoms with E-state index in [1.165, 1.54) is 18.2 Å². The van der Waals surface area contributed by atoms with Gasteiger partial charge >= 0.3 is 6.18 Å². The summed E-state index contributed by atoms with van der Waals surface area (Å²) in [6.07, 6.45) is -4.50. The average Bonchev–Trinajstić information content (AvgIpc) is 3.28. The summed E-state index contributed by atoms with van der Waals surface area (Å²) in [6.45, 7) is 4.36. The molecule has 3 rings (SSSR count). The van der Waals surface area contributed by atoms with E-state index >= 15 is 0 Å². The molecule has 0 radical (unpaired) electrons. The Morgan fingerprint density at radius 1 is 1.15 bits per heavy atom.